The lowest BCUT2D eigenvalue weighted by atomic mass is 9.84. The number of hydrogen-bond donors (Lipinski definition) is 0. The van der Waals surface area contributed by atoms with Crippen LogP contribution in [0.4, 0.5) is 5.69 Å². The minimum absolute atomic E-state index is 0.00281. The van der Waals surface area contributed by atoms with Crippen molar-refractivity contribution in [2.75, 3.05) is 25.6 Å². The summed E-state index contributed by atoms with van der Waals surface area (Å²) < 4.78 is 6.32. The van der Waals surface area contributed by atoms with Crippen molar-refractivity contribution in [2.45, 2.75) is 50.9 Å². The van der Waals surface area contributed by atoms with Gasteiger partial charge in [0, 0.05) is 25.3 Å². The Labute approximate surface area is 184 Å². The molecule has 1 aliphatic rings. The molecule has 0 spiro atoms. The summed E-state index contributed by atoms with van der Waals surface area (Å²) in [4.78, 5) is 2.20. The largest absolute Gasteiger partial charge is 0.489 e. The lowest BCUT2D eigenvalue weighted by Gasteiger charge is -2.33. The number of allylic oxidation sites excluding steroid dienone is 1. The van der Waals surface area contributed by atoms with Gasteiger partial charge in [-0.1, -0.05) is 82.9 Å². The predicted molar refractivity (Wildman–Crippen MR) is 135 cm³/mol. The third kappa shape index (κ3) is 4.56. The van der Waals surface area contributed by atoms with Crippen molar-refractivity contribution in [3.05, 3.63) is 77.4 Å². The molecule has 0 amide bonds. The Morgan fingerprint density at radius 2 is 1.83 bits per heavy atom. The van der Waals surface area contributed by atoms with Crippen LogP contribution in [0, 0.1) is 0 Å². The summed E-state index contributed by atoms with van der Waals surface area (Å²) in [5.74, 6) is 1.06. The van der Waals surface area contributed by atoms with E-state index in [1.54, 1.807) is 0 Å². The molecule has 0 fully saturated rings. The van der Waals surface area contributed by atoms with Crippen LogP contribution in [0.1, 0.15) is 48.6 Å². The number of anilines is 1. The highest BCUT2D eigenvalue weighted by Gasteiger charge is 2.36. The molecule has 1 aliphatic carbocycles. The van der Waals surface area contributed by atoms with Gasteiger partial charge in [-0.25, -0.2) is 0 Å². The van der Waals surface area contributed by atoms with E-state index in [4.69, 9.17) is 4.74 Å². The number of hydrogen-bond acceptors (Lipinski definition) is 2. The second-order valence-electron chi connectivity index (χ2n) is 10.4. The Hall–Kier alpha value is -2.26. The highest BCUT2D eigenvalue weighted by molar-refractivity contribution is 6.79. The zero-order chi connectivity index (χ0) is 22.1. The Balaban J connectivity index is 2.08. The topological polar surface area (TPSA) is 12.5 Å². The van der Waals surface area contributed by atoms with Gasteiger partial charge in [0.1, 0.15) is 12.4 Å². The van der Waals surface area contributed by atoms with Crippen LogP contribution in [0.2, 0.25) is 13.1 Å². The van der Waals surface area contributed by atoms with Crippen LogP contribution in [0.3, 0.4) is 0 Å². The molecule has 160 valence electrons. The highest BCUT2D eigenvalue weighted by Crippen LogP contribution is 2.43. The molecule has 3 rings (SSSR count). The molecule has 0 N–H and O–H groups in total. The van der Waals surface area contributed by atoms with Crippen molar-refractivity contribution in [3.63, 3.8) is 0 Å². The van der Waals surface area contributed by atoms with Gasteiger partial charge in [-0.15, -0.1) is 0 Å². The quantitative estimate of drug-likeness (QED) is 0.363. The lowest BCUT2D eigenvalue weighted by molar-refractivity contribution is 0.348. The molecule has 1 unspecified atom stereocenters. The van der Waals surface area contributed by atoms with Crippen LogP contribution in [0.5, 0.6) is 5.75 Å². The van der Waals surface area contributed by atoms with Gasteiger partial charge in [-0.2, -0.15) is 0 Å². The van der Waals surface area contributed by atoms with E-state index in [0.29, 0.717) is 12.1 Å². The third-order valence-corrected chi connectivity index (χ3v) is 9.59. The highest BCUT2D eigenvalue weighted by atomic mass is 28.3. The molecule has 0 aliphatic heterocycles. The summed E-state index contributed by atoms with van der Waals surface area (Å²) in [5.41, 5.74) is 7.25. The maximum Gasteiger partial charge on any atom is 0.126 e. The maximum absolute atomic E-state index is 6.32. The zero-order valence-corrected chi connectivity index (χ0v) is 20.8. The summed E-state index contributed by atoms with van der Waals surface area (Å²) in [6, 6.07) is 14.6. The average molecular weight is 420 g/mol. The first kappa shape index (κ1) is 22.4. The third-order valence-electron chi connectivity index (χ3n) is 6.11. The fourth-order valence-electron chi connectivity index (χ4n) is 4.46. The van der Waals surface area contributed by atoms with Crippen molar-refractivity contribution in [3.8, 4) is 5.75 Å². The summed E-state index contributed by atoms with van der Waals surface area (Å²) in [6.45, 7) is 16.2. The standard InChI is InChI=1S/C27H37NOSi/c1-9-16-29-26-21(17-22(28(5)6)18-24(26)27(2,3)4)19-30(7,8)25-15-14-20-12-10-11-13-23(20)25/h9-15,17-18,25H,1,16,19H2,2-8H3. The summed E-state index contributed by atoms with van der Waals surface area (Å²) in [5, 5.41) is 0. The van der Waals surface area contributed by atoms with E-state index in [2.05, 4.69) is 108 Å². The molecule has 0 saturated heterocycles. The Morgan fingerprint density at radius 1 is 1.13 bits per heavy atom. The smallest absolute Gasteiger partial charge is 0.126 e. The van der Waals surface area contributed by atoms with Gasteiger partial charge in [0.2, 0.25) is 0 Å². The van der Waals surface area contributed by atoms with Gasteiger partial charge in [-0.05, 0) is 45.8 Å². The number of nitrogens with zero attached hydrogens (tertiary/aromatic N) is 1. The second kappa shape index (κ2) is 8.47. The number of fused-ring (bicyclic) bond motifs is 1. The number of ether oxygens (including phenoxy) is 1. The van der Waals surface area contributed by atoms with Crippen molar-refractivity contribution >= 4 is 19.8 Å². The molecule has 2 aromatic carbocycles. The maximum atomic E-state index is 6.32. The van der Waals surface area contributed by atoms with Gasteiger partial charge >= 0.3 is 0 Å². The molecule has 0 saturated carbocycles. The van der Waals surface area contributed by atoms with E-state index in [1.807, 2.05) is 6.08 Å². The van der Waals surface area contributed by atoms with E-state index in [0.717, 1.165) is 11.8 Å². The Bertz CT molecular complexity index is 950. The molecule has 0 heterocycles. The summed E-state index contributed by atoms with van der Waals surface area (Å²) >= 11 is 0. The molecule has 1 atom stereocenters. The van der Waals surface area contributed by atoms with E-state index in [9.17, 15) is 0 Å². The fourth-order valence-corrected chi connectivity index (χ4v) is 7.65. The molecule has 0 bridgehead atoms. The average Bonchev–Trinajstić information content (AvgIpc) is 3.10. The van der Waals surface area contributed by atoms with E-state index in [-0.39, 0.29) is 5.41 Å². The second-order valence-corrected chi connectivity index (χ2v) is 15.3. The summed E-state index contributed by atoms with van der Waals surface area (Å²) in [6.07, 6.45) is 6.58. The van der Waals surface area contributed by atoms with Crippen molar-refractivity contribution in [1.29, 1.82) is 0 Å². The van der Waals surface area contributed by atoms with Gasteiger partial charge < -0.3 is 9.64 Å². The van der Waals surface area contributed by atoms with Crippen LogP contribution < -0.4 is 9.64 Å². The predicted octanol–water partition coefficient (Wildman–Crippen LogP) is 6.75. The van der Waals surface area contributed by atoms with Gasteiger partial charge in [-0.3, -0.25) is 0 Å². The number of benzene rings is 2. The molecule has 3 heteroatoms. The van der Waals surface area contributed by atoms with Crippen LogP contribution in [-0.4, -0.2) is 28.8 Å². The van der Waals surface area contributed by atoms with E-state index < -0.39 is 8.07 Å². The molecule has 2 nitrogen and oxygen atoms in total. The van der Waals surface area contributed by atoms with Crippen LogP contribution in [-0.2, 0) is 11.5 Å². The fraction of sp³-hybridized carbons (Fsp3) is 0.407. The van der Waals surface area contributed by atoms with Crippen LogP contribution in [0.25, 0.3) is 6.08 Å². The molecular weight excluding hydrogens is 382 g/mol. The molecular formula is C27H37NOSi. The van der Waals surface area contributed by atoms with E-state index in [1.165, 1.54) is 27.9 Å². The Kier molecular flexibility index (Phi) is 6.33. The van der Waals surface area contributed by atoms with Crippen molar-refractivity contribution in [2.24, 2.45) is 0 Å². The first-order valence-corrected chi connectivity index (χ1v) is 14.2. The monoisotopic (exact) mass is 419 g/mol. The van der Waals surface area contributed by atoms with Gasteiger partial charge in [0.05, 0.1) is 8.07 Å². The molecule has 30 heavy (non-hydrogen) atoms. The molecule has 2 aromatic rings. The van der Waals surface area contributed by atoms with Crippen LogP contribution >= 0.6 is 0 Å². The van der Waals surface area contributed by atoms with Crippen molar-refractivity contribution < 1.29 is 4.74 Å². The number of rotatable bonds is 7. The minimum atomic E-state index is -1.68. The van der Waals surface area contributed by atoms with Crippen LogP contribution in [0.15, 0.2) is 55.1 Å². The van der Waals surface area contributed by atoms with Gasteiger partial charge in [0.15, 0.2) is 0 Å². The first-order chi connectivity index (χ1) is 14.0. The lowest BCUT2D eigenvalue weighted by Crippen LogP contribution is -2.37. The minimum Gasteiger partial charge on any atom is -0.489 e. The molecule has 0 radical (unpaired) electrons. The summed E-state index contributed by atoms with van der Waals surface area (Å²) in [7, 11) is 2.55. The molecule has 0 aromatic heterocycles. The zero-order valence-electron chi connectivity index (χ0n) is 19.8. The van der Waals surface area contributed by atoms with Gasteiger partial charge in [0.25, 0.3) is 0 Å². The van der Waals surface area contributed by atoms with E-state index >= 15 is 0 Å². The SMILES string of the molecule is C=CCOc1c(C[Si](C)(C)C2C=Cc3ccccc32)cc(N(C)C)cc1C(C)(C)C. The van der Waals surface area contributed by atoms with Crippen molar-refractivity contribution in [1.82, 2.24) is 0 Å². The first-order valence-electron chi connectivity index (χ1n) is 10.9. The normalized spacial score (nSPS) is 15.8. The Morgan fingerprint density at radius 3 is 2.47 bits per heavy atom.